The molecule has 1 saturated heterocycles. The summed E-state index contributed by atoms with van der Waals surface area (Å²) in [6.07, 6.45) is 0. The van der Waals surface area contributed by atoms with Gasteiger partial charge in [0.05, 0.1) is 16.3 Å². The third-order valence-corrected chi connectivity index (χ3v) is 6.09. The zero-order valence-corrected chi connectivity index (χ0v) is 18.5. The number of carbonyl (C=O) groups excluding carboxylic acids is 1. The molecule has 5 nitrogen and oxygen atoms in total. The van der Waals surface area contributed by atoms with Crippen LogP contribution in [-0.2, 0) is 0 Å². The average Bonchev–Trinajstić information content (AvgIpc) is 2.74. The molecule has 4 rings (SSSR count). The molecule has 3 aromatic rings. The second kappa shape index (κ2) is 8.69. The molecule has 29 heavy (non-hydrogen) atoms. The molecule has 0 radical (unpaired) electrons. The number of carbonyl (C=O) groups is 1. The summed E-state index contributed by atoms with van der Waals surface area (Å²) in [6, 6.07) is 16.6. The summed E-state index contributed by atoms with van der Waals surface area (Å²) in [6.45, 7) is 2.66. The maximum atomic E-state index is 12.7. The van der Waals surface area contributed by atoms with E-state index < -0.39 is 0 Å². The van der Waals surface area contributed by atoms with Crippen molar-refractivity contribution in [1.82, 2.24) is 15.1 Å². The number of rotatable bonds is 3. The molecule has 0 spiro atoms. The Morgan fingerprint density at radius 3 is 2.34 bits per heavy atom. The molecule has 1 amide bonds. The van der Waals surface area contributed by atoms with Gasteiger partial charge < -0.3 is 9.80 Å². The summed E-state index contributed by atoms with van der Waals surface area (Å²) >= 11 is 15.7. The lowest BCUT2D eigenvalue weighted by Gasteiger charge is -2.35. The van der Waals surface area contributed by atoms with Crippen LogP contribution in [0.15, 0.2) is 59.1 Å². The van der Waals surface area contributed by atoms with E-state index >= 15 is 0 Å². The highest BCUT2D eigenvalue weighted by Gasteiger charge is 2.24. The molecule has 0 bridgehead atoms. The van der Waals surface area contributed by atoms with Gasteiger partial charge in [-0.15, -0.1) is 10.2 Å². The normalized spacial score (nSPS) is 14.2. The van der Waals surface area contributed by atoms with Crippen molar-refractivity contribution in [2.75, 3.05) is 31.1 Å². The maximum Gasteiger partial charge on any atom is 0.255 e. The van der Waals surface area contributed by atoms with Gasteiger partial charge in [-0.25, -0.2) is 0 Å². The minimum Gasteiger partial charge on any atom is -0.352 e. The summed E-state index contributed by atoms with van der Waals surface area (Å²) < 4.78 is 0.815. The van der Waals surface area contributed by atoms with Gasteiger partial charge in [0.15, 0.2) is 5.82 Å². The quantitative estimate of drug-likeness (QED) is 0.506. The lowest BCUT2D eigenvalue weighted by atomic mass is 10.1. The standard InChI is InChI=1S/C21H17BrCl2N4O/c22-17-4-2-1-3-15(17)21(29)28-11-9-27(10-12-28)20-8-7-19(25-26-20)16-6-5-14(23)13-18(16)24/h1-8,13H,9-12H2. The predicted octanol–water partition coefficient (Wildman–Crippen LogP) is 5.18. The molecule has 1 aromatic heterocycles. The van der Waals surface area contributed by atoms with Gasteiger partial charge in [-0.05, 0) is 58.4 Å². The van der Waals surface area contributed by atoms with E-state index in [2.05, 4.69) is 31.0 Å². The molecule has 0 saturated carbocycles. The Hall–Kier alpha value is -2.15. The smallest absolute Gasteiger partial charge is 0.255 e. The highest BCUT2D eigenvalue weighted by molar-refractivity contribution is 9.10. The third kappa shape index (κ3) is 4.39. The van der Waals surface area contributed by atoms with Gasteiger partial charge in [0.1, 0.15) is 0 Å². The van der Waals surface area contributed by atoms with Crippen LogP contribution in [0.4, 0.5) is 5.82 Å². The summed E-state index contributed by atoms with van der Waals surface area (Å²) in [5.41, 5.74) is 2.17. The fourth-order valence-corrected chi connectivity index (χ4v) is 4.24. The number of hydrogen-bond donors (Lipinski definition) is 0. The number of halogens is 3. The van der Waals surface area contributed by atoms with Gasteiger partial charge in [0.2, 0.25) is 0 Å². The molecule has 148 valence electrons. The first-order chi connectivity index (χ1) is 14.0. The number of hydrogen-bond acceptors (Lipinski definition) is 4. The summed E-state index contributed by atoms with van der Waals surface area (Å²) in [4.78, 5) is 16.7. The van der Waals surface area contributed by atoms with Crippen LogP contribution < -0.4 is 4.90 Å². The lowest BCUT2D eigenvalue weighted by molar-refractivity contribution is 0.0745. The van der Waals surface area contributed by atoms with Gasteiger partial charge in [-0.2, -0.15) is 0 Å². The van der Waals surface area contributed by atoms with Crippen molar-refractivity contribution < 1.29 is 4.79 Å². The molecule has 2 aromatic carbocycles. The molecule has 0 aliphatic carbocycles. The van der Waals surface area contributed by atoms with Crippen molar-refractivity contribution in [2.24, 2.45) is 0 Å². The van der Waals surface area contributed by atoms with Crippen LogP contribution in [0.2, 0.25) is 10.0 Å². The molecule has 2 heterocycles. The van der Waals surface area contributed by atoms with Crippen molar-refractivity contribution in [3.05, 3.63) is 74.7 Å². The monoisotopic (exact) mass is 490 g/mol. The Balaban J connectivity index is 1.42. The average molecular weight is 492 g/mol. The maximum absolute atomic E-state index is 12.7. The van der Waals surface area contributed by atoms with E-state index in [0.717, 1.165) is 15.9 Å². The zero-order valence-electron chi connectivity index (χ0n) is 15.4. The first kappa shape index (κ1) is 20.1. The SMILES string of the molecule is O=C(c1ccccc1Br)N1CCN(c2ccc(-c3ccc(Cl)cc3Cl)nn2)CC1. The Morgan fingerprint density at radius 1 is 0.931 bits per heavy atom. The number of benzene rings is 2. The summed E-state index contributed by atoms with van der Waals surface area (Å²) in [5.74, 6) is 0.822. The molecule has 0 N–H and O–H groups in total. The van der Waals surface area contributed by atoms with E-state index in [1.165, 1.54) is 0 Å². The van der Waals surface area contributed by atoms with Gasteiger partial charge in [-0.1, -0.05) is 35.3 Å². The molecule has 0 atom stereocenters. The topological polar surface area (TPSA) is 49.3 Å². The first-order valence-electron chi connectivity index (χ1n) is 9.11. The lowest BCUT2D eigenvalue weighted by Crippen LogP contribution is -2.49. The van der Waals surface area contributed by atoms with Crippen molar-refractivity contribution in [3.8, 4) is 11.3 Å². The van der Waals surface area contributed by atoms with Crippen molar-refractivity contribution in [3.63, 3.8) is 0 Å². The van der Waals surface area contributed by atoms with Gasteiger partial charge in [0, 0.05) is 41.2 Å². The van der Waals surface area contributed by atoms with Gasteiger partial charge in [0.25, 0.3) is 5.91 Å². The predicted molar refractivity (Wildman–Crippen MR) is 120 cm³/mol. The Labute approximate surface area is 187 Å². The molecule has 8 heteroatoms. The minimum absolute atomic E-state index is 0.0379. The summed E-state index contributed by atoms with van der Waals surface area (Å²) in [5, 5.41) is 9.80. The number of nitrogens with zero attached hydrogens (tertiary/aromatic N) is 4. The first-order valence-corrected chi connectivity index (χ1v) is 10.7. The van der Waals surface area contributed by atoms with Crippen LogP contribution in [0.25, 0.3) is 11.3 Å². The second-order valence-electron chi connectivity index (χ2n) is 6.66. The number of aromatic nitrogens is 2. The fourth-order valence-electron chi connectivity index (χ4n) is 3.28. The van der Waals surface area contributed by atoms with Crippen LogP contribution in [0.3, 0.4) is 0 Å². The minimum atomic E-state index is 0.0379. The summed E-state index contributed by atoms with van der Waals surface area (Å²) in [7, 11) is 0. The van der Waals surface area contributed by atoms with Crippen LogP contribution in [0.5, 0.6) is 0 Å². The molecule has 1 aliphatic rings. The van der Waals surface area contributed by atoms with E-state index in [0.29, 0.717) is 47.5 Å². The molecular weight excluding hydrogens is 475 g/mol. The Kier molecular flexibility index (Phi) is 6.04. The molecule has 0 unspecified atom stereocenters. The zero-order chi connectivity index (χ0) is 20.4. The highest BCUT2D eigenvalue weighted by Crippen LogP contribution is 2.29. The fraction of sp³-hybridized carbons (Fsp3) is 0.190. The van der Waals surface area contributed by atoms with Crippen LogP contribution in [0, 0.1) is 0 Å². The van der Waals surface area contributed by atoms with E-state index in [1.807, 2.05) is 47.4 Å². The van der Waals surface area contributed by atoms with Crippen LogP contribution in [-0.4, -0.2) is 47.2 Å². The Morgan fingerprint density at radius 2 is 1.69 bits per heavy atom. The van der Waals surface area contributed by atoms with E-state index in [-0.39, 0.29) is 5.91 Å². The number of amides is 1. The van der Waals surface area contributed by atoms with Crippen LogP contribution in [0.1, 0.15) is 10.4 Å². The molecular formula is C21H17BrCl2N4O. The van der Waals surface area contributed by atoms with E-state index in [4.69, 9.17) is 23.2 Å². The van der Waals surface area contributed by atoms with Gasteiger partial charge in [-0.3, -0.25) is 4.79 Å². The molecule has 1 fully saturated rings. The van der Waals surface area contributed by atoms with Crippen LogP contribution >= 0.6 is 39.1 Å². The number of piperazine rings is 1. The molecule has 1 aliphatic heterocycles. The van der Waals surface area contributed by atoms with Crippen molar-refractivity contribution >= 4 is 50.9 Å². The van der Waals surface area contributed by atoms with E-state index in [1.54, 1.807) is 12.1 Å². The van der Waals surface area contributed by atoms with Crippen molar-refractivity contribution in [2.45, 2.75) is 0 Å². The third-order valence-electron chi connectivity index (χ3n) is 4.85. The second-order valence-corrected chi connectivity index (χ2v) is 8.36. The highest BCUT2D eigenvalue weighted by atomic mass is 79.9. The largest absolute Gasteiger partial charge is 0.352 e. The van der Waals surface area contributed by atoms with Gasteiger partial charge >= 0.3 is 0 Å². The van der Waals surface area contributed by atoms with Crippen molar-refractivity contribution in [1.29, 1.82) is 0 Å². The Bertz CT molecular complexity index is 1040. The number of anilines is 1. The van der Waals surface area contributed by atoms with E-state index in [9.17, 15) is 4.79 Å².